The number of aliphatic hydroxyl groups is 1. The molecular weight excluding hydrogens is 818 g/mol. The standard InChI is InChI=1S/C51H96NO10P/c1-3-5-7-9-11-13-15-17-19-21-23-24-25-27-29-31-33-35-37-39-41-43-50(55)60-44-47(53)45-61-63(58,59)62-46-48(51(56)57)52-49(54)42-40-38-36-34-32-30-28-26-22-20-18-16-14-12-10-8-6-4-2/h17,19-20,22,47-48,53H,3-16,18,21,23-46H2,1-2H3,(H,52,54)(H,56,57)(H,58,59)/b19-17+,22-20-. The van der Waals surface area contributed by atoms with Crippen LogP contribution in [0.4, 0.5) is 0 Å². The quantitative estimate of drug-likeness (QED) is 0.0199. The first-order valence-corrected chi connectivity index (χ1v) is 27.4. The molecule has 3 atom stereocenters. The second kappa shape index (κ2) is 46.5. The molecule has 0 spiro atoms. The molecule has 0 aliphatic carbocycles. The zero-order valence-electron chi connectivity index (χ0n) is 40.4. The smallest absolute Gasteiger partial charge is 0.472 e. The Labute approximate surface area is 385 Å². The number of carboxylic acids is 1. The van der Waals surface area contributed by atoms with E-state index in [1.165, 1.54) is 161 Å². The number of carboxylic acid groups (broad SMARTS) is 1. The Morgan fingerprint density at radius 1 is 0.492 bits per heavy atom. The Kier molecular flexibility index (Phi) is 45.0. The number of rotatable bonds is 49. The van der Waals surface area contributed by atoms with Gasteiger partial charge in [-0.25, -0.2) is 9.36 Å². The van der Waals surface area contributed by atoms with Crippen molar-refractivity contribution in [1.82, 2.24) is 5.32 Å². The fraction of sp³-hybridized carbons (Fsp3) is 0.863. The number of aliphatic carboxylic acids is 1. The number of esters is 1. The summed E-state index contributed by atoms with van der Waals surface area (Å²) in [5.74, 6) is -2.37. The molecule has 1 amide bonds. The molecule has 63 heavy (non-hydrogen) atoms. The third-order valence-electron chi connectivity index (χ3n) is 11.5. The fourth-order valence-electron chi connectivity index (χ4n) is 7.42. The van der Waals surface area contributed by atoms with Crippen LogP contribution < -0.4 is 5.32 Å². The van der Waals surface area contributed by atoms with Crippen molar-refractivity contribution >= 4 is 25.7 Å². The van der Waals surface area contributed by atoms with Gasteiger partial charge in [-0.1, -0.05) is 199 Å². The molecule has 0 aliphatic heterocycles. The zero-order chi connectivity index (χ0) is 46.3. The number of hydrogen-bond donors (Lipinski definition) is 4. The Hall–Kier alpha value is -2.04. The lowest BCUT2D eigenvalue weighted by Gasteiger charge is -2.18. The van der Waals surface area contributed by atoms with Crippen molar-refractivity contribution in [3.63, 3.8) is 0 Å². The minimum Gasteiger partial charge on any atom is -0.480 e. The highest BCUT2D eigenvalue weighted by Gasteiger charge is 2.28. The lowest BCUT2D eigenvalue weighted by atomic mass is 10.0. The number of carbonyl (C=O) groups excluding carboxylic acids is 2. The maximum Gasteiger partial charge on any atom is 0.472 e. The van der Waals surface area contributed by atoms with E-state index in [0.717, 1.165) is 51.4 Å². The van der Waals surface area contributed by atoms with Crippen LogP contribution in [0.1, 0.15) is 251 Å². The van der Waals surface area contributed by atoms with Crippen molar-refractivity contribution in [2.45, 2.75) is 264 Å². The molecule has 0 saturated heterocycles. The molecule has 0 aromatic heterocycles. The van der Waals surface area contributed by atoms with Crippen molar-refractivity contribution in [2.24, 2.45) is 0 Å². The van der Waals surface area contributed by atoms with E-state index in [0.29, 0.717) is 12.8 Å². The Balaban J connectivity index is 3.81. The molecule has 4 N–H and O–H groups in total. The van der Waals surface area contributed by atoms with Crippen LogP contribution in [0, 0.1) is 0 Å². The molecule has 0 saturated carbocycles. The highest BCUT2D eigenvalue weighted by molar-refractivity contribution is 7.47. The lowest BCUT2D eigenvalue weighted by molar-refractivity contribution is -0.147. The molecule has 0 heterocycles. The summed E-state index contributed by atoms with van der Waals surface area (Å²) in [6.07, 6.45) is 50.5. The number of hydrogen-bond acceptors (Lipinski definition) is 8. The first-order chi connectivity index (χ1) is 30.6. The number of phosphoric acid groups is 1. The number of ether oxygens (including phenoxy) is 1. The molecule has 0 aromatic rings. The molecular formula is C51H96NO10P. The average molecular weight is 914 g/mol. The monoisotopic (exact) mass is 914 g/mol. The SMILES string of the molecule is CCCCCCCC/C=C/CCCCCCCCCCCCCC(=O)OCC(O)COP(=O)(O)OCC(NC(=O)CCCCCCCCC/C=C\CCCCCCCCC)C(=O)O. The van der Waals surface area contributed by atoms with E-state index < -0.39 is 57.6 Å². The van der Waals surface area contributed by atoms with Gasteiger partial charge in [-0.3, -0.25) is 18.6 Å². The molecule has 370 valence electrons. The second-order valence-corrected chi connectivity index (χ2v) is 19.2. The molecule has 3 unspecified atom stereocenters. The van der Waals surface area contributed by atoms with Crippen LogP contribution in [0.25, 0.3) is 0 Å². The predicted octanol–water partition coefficient (Wildman–Crippen LogP) is 14.2. The molecule has 0 aliphatic rings. The van der Waals surface area contributed by atoms with Crippen LogP contribution in [0.5, 0.6) is 0 Å². The van der Waals surface area contributed by atoms with E-state index in [-0.39, 0.29) is 12.8 Å². The van der Waals surface area contributed by atoms with E-state index in [1.807, 2.05) is 0 Å². The van der Waals surface area contributed by atoms with Gasteiger partial charge >= 0.3 is 19.8 Å². The summed E-state index contributed by atoms with van der Waals surface area (Å²) in [4.78, 5) is 46.1. The molecule has 12 heteroatoms. The minimum atomic E-state index is -4.76. The van der Waals surface area contributed by atoms with Gasteiger partial charge in [0.2, 0.25) is 5.91 Å². The van der Waals surface area contributed by atoms with Crippen LogP contribution >= 0.6 is 7.82 Å². The third-order valence-corrected chi connectivity index (χ3v) is 12.4. The molecule has 11 nitrogen and oxygen atoms in total. The number of nitrogens with one attached hydrogen (secondary N) is 1. The summed E-state index contributed by atoms with van der Waals surface area (Å²) in [5.41, 5.74) is 0. The van der Waals surface area contributed by atoms with Crippen molar-refractivity contribution in [1.29, 1.82) is 0 Å². The Bertz CT molecular complexity index is 1160. The maximum absolute atomic E-state index is 12.4. The molecule has 0 rings (SSSR count). The second-order valence-electron chi connectivity index (χ2n) is 17.7. The highest BCUT2D eigenvalue weighted by Crippen LogP contribution is 2.43. The number of allylic oxidation sites excluding steroid dienone is 4. The molecule has 0 radical (unpaired) electrons. The number of aliphatic hydroxyl groups excluding tert-OH is 1. The first kappa shape index (κ1) is 61.0. The van der Waals surface area contributed by atoms with Crippen LogP contribution in [0.15, 0.2) is 24.3 Å². The van der Waals surface area contributed by atoms with Gasteiger partial charge in [0, 0.05) is 12.8 Å². The van der Waals surface area contributed by atoms with E-state index in [1.54, 1.807) is 0 Å². The first-order valence-electron chi connectivity index (χ1n) is 25.9. The van der Waals surface area contributed by atoms with Gasteiger partial charge in [-0.05, 0) is 64.2 Å². The van der Waals surface area contributed by atoms with E-state index in [4.69, 9.17) is 13.8 Å². The predicted molar refractivity (Wildman–Crippen MR) is 259 cm³/mol. The van der Waals surface area contributed by atoms with Crippen LogP contribution in [0.3, 0.4) is 0 Å². The van der Waals surface area contributed by atoms with Gasteiger partial charge in [0.05, 0.1) is 13.2 Å². The summed E-state index contributed by atoms with van der Waals surface area (Å²) in [6.45, 7) is 2.62. The lowest BCUT2D eigenvalue weighted by Crippen LogP contribution is -2.43. The van der Waals surface area contributed by atoms with E-state index >= 15 is 0 Å². The number of unbranched alkanes of at least 4 members (excludes halogenated alkanes) is 31. The largest absolute Gasteiger partial charge is 0.480 e. The number of amides is 1. The van der Waals surface area contributed by atoms with Crippen LogP contribution in [-0.2, 0) is 32.7 Å². The van der Waals surface area contributed by atoms with Crippen molar-refractivity contribution in [3.8, 4) is 0 Å². The highest BCUT2D eigenvalue weighted by atomic mass is 31.2. The van der Waals surface area contributed by atoms with Crippen molar-refractivity contribution < 1.29 is 47.8 Å². The van der Waals surface area contributed by atoms with Gasteiger partial charge in [0.25, 0.3) is 0 Å². The van der Waals surface area contributed by atoms with Gasteiger partial charge in [-0.15, -0.1) is 0 Å². The van der Waals surface area contributed by atoms with Gasteiger partial charge in [-0.2, -0.15) is 0 Å². The molecule has 0 aromatic carbocycles. The normalized spacial score (nSPS) is 13.7. The third kappa shape index (κ3) is 46.3. The van der Waals surface area contributed by atoms with Crippen molar-refractivity contribution in [3.05, 3.63) is 24.3 Å². The summed E-state index contributed by atoms with van der Waals surface area (Å²) in [6, 6.07) is -1.55. The average Bonchev–Trinajstić information content (AvgIpc) is 3.26. The van der Waals surface area contributed by atoms with Gasteiger partial charge in [0.15, 0.2) is 6.04 Å². The van der Waals surface area contributed by atoms with Gasteiger partial charge < -0.3 is 25.2 Å². The number of carbonyl (C=O) groups is 3. The van der Waals surface area contributed by atoms with Crippen LogP contribution in [-0.4, -0.2) is 64.9 Å². The van der Waals surface area contributed by atoms with Crippen LogP contribution in [0.2, 0.25) is 0 Å². The Morgan fingerprint density at radius 3 is 1.21 bits per heavy atom. The van der Waals surface area contributed by atoms with Crippen molar-refractivity contribution in [2.75, 3.05) is 19.8 Å². The zero-order valence-corrected chi connectivity index (χ0v) is 41.3. The summed E-state index contributed by atoms with van der Waals surface area (Å²) < 4.78 is 27.0. The molecule has 0 fully saturated rings. The number of phosphoric ester groups is 1. The Morgan fingerprint density at radius 2 is 0.825 bits per heavy atom. The summed E-state index contributed by atoms with van der Waals surface area (Å²) >= 11 is 0. The maximum atomic E-state index is 12.4. The summed E-state index contributed by atoms with van der Waals surface area (Å²) in [5, 5.41) is 21.9. The van der Waals surface area contributed by atoms with E-state index in [9.17, 15) is 34.1 Å². The van der Waals surface area contributed by atoms with E-state index in [2.05, 4.69) is 43.5 Å². The molecule has 0 bridgehead atoms. The fourth-order valence-corrected chi connectivity index (χ4v) is 8.20. The van der Waals surface area contributed by atoms with Gasteiger partial charge in [0.1, 0.15) is 12.7 Å². The minimum absolute atomic E-state index is 0.143. The topological polar surface area (TPSA) is 169 Å². The summed E-state index contributed by atoms with van der Waals surface area (Å²) in [7, 11) is -4.76.